The lowest BCUT2D eigenvalue weighted by Crippen LogP contribution is -2.39. The molecule has 1 fully saturated rings. The maximum atomic E-state index is 14.1. The Morgan fingerprint density at radius 2 is 2.00 bits per heavy atom. The molecule has 1 saturated heterocycles. The fourth-order valence-corrected chi connectivity index (χ4v) is 4.80. The van der Waals surface area contributed by atoms with Crippen molar-refractivity contribution in [1.82, 2.24) is 9.88 Å². The summed E-state index contributed by atoms with van der Waals surface area (Å²) < 4.78 is 19.5. The van der Waals surface area contributed by atoms with Gasteiger partial charge in [-0.2, -0.15) is 0 Å². The van der Waals surface area contributed by atoms with Crippen LogP contribution in [0, 0.1) is 5.82 Å². The van der Waals surface area contributed by atoms with Crippen molar-refractivity contribution in [2.75, 3.05) is 44.3 Å². The second-order valence-electron chi connectivity index (χ2n) is 6.74. The molecule has 0 aliphatic carbocycles. The largest absolute Gasteiger partial charge is 0.379 e. The van der Waals surface area contributed by atoms with Crippen molar-refractivity contribution in [3.8, 4) is 11.3 Å². The predicted octanol–water partition coefficient (Wildman–Crippen LogP) is 4.38. The van der Waals surface area contributed by atoms with E-state index in [9.17, 15) is 9.18 Å². The number of ether oxygens (including phenoxy) is 1. The third-order valence-corrected chi connectivity index (χ3v) is 6.53. The van der Waals surface area contributed by atoms with Crippen LogP contribution in [0.5, 0.6) is 0 Å². The van der Waals surface area contributed by atoms with Gasteiger partial charge in [0.15, 0.2) is 5.13 Å². The molecule has 3 aromatic rings. The van der Waals surface area contributed by atoms with Crippen LogP contribution in [0.25, 0.3) is 11.3 Å². The Morgan fingerprint density at radius 3 is 2.76 bits per heavy atom. The number of nitrogens with zero attached hydrogens (tertiary/aromatic N) is 3. The Bertz CT molecular complexity index is 939. The van der Waals surface area contributed by atoms with Gasteiger partial charge < -0.3 is 4.74 Å². The van der Waals surface area contributed by atoms with Crippen LogP contribution < -0.4 is 4.90 Å². The van der Waals surface area contributed by atoms with E-state index < -0.39 is 0 Å². The number of benzene rings is 1. The summed E-state index contributed by atoms with van der Waals surface area (Å²) in [6, 6.07) is 10.3. The number of thiazole rings is 1. The molecule has 1 amide bonds. The molecule has 0 radical (unpaired) electrons. The highest BCUT2D eigenvalue weighted by Crippen LogP contribution is 2.30. The maximum Gasteiger partial charge on any atom is 0.270 e. The molecule has 1 aliphatic rings. The Morgan fingerprint density at radius 1 is 1.17 bits per heavy atom. The molecule has 4 rings (SSSR count). The second kappa shape index (κ2) is 9.58. The molecular weight excluding hydrogens is 409 g/mol. The first-order chi connectivity index (χ1) is 14.2. The van der Waals surface area contributed by atoms with Gasteiger partial charge in [0.25, 0.3) is 5.91 Å². The molecule has 0 N–H and O–H groups in total. The summed E-state index contributed by atoms with van der Waals surface area (Å²) in [6.07, 6.45) is 0.839. The molecule has 0 atom stereocenters. The van der Waals surface area contributed by atoms with Gasteiger partial charge in [0.2, 0.25) is 0 Å². The quantitative estimate of drug-likeness (QED) is 0.557. The number of rotatable bonds is 7. The van der Waals surface area contributed by atoms with Gasteiger partial charge in [0, 0.05) is 37.1 Å². The Hall–Kier alpha value is -2.13. The standard InChI is InChI=1S/C21H22FN3O2S2/c22-17-6-2-1-5-16(17)18-15-29-21(23-18)25(20(26)19-7-3-14-28-19)9-4-8-24-10-12-27-13-11-24/h1-3,5-7,14-15H,4,8-13H2. The van der Waals surface area contributed by atoms with Crippen molar-refractivity contribution in [3.05, 3.63) is 57.9 Å². The van der Waals surface area contributed by atoms with Gasteiger partial charge in [-0.15, -0.1) is 22.7 Å². The highest BCUT2D eigenvalue weighted by Gasteiger charge is 2.22. The topological polar surface area (TPSA) is 45.7 Å². The van der Waals surface area contributed by atoms with Crippen LogP contribution in [0.2, 0.25) is 0 Å². The highest BCUT2D eigenvalue weighted by molar-refractivity contribution is 7.14. The average Bonchev–Trinajstić information content (AvgIpc) is 3.44. The van der Waals surface area contributed by atoms with Crippen LogP contribution >= 0.6 is 22.7 Å². The van der Waals surface area contributed by atoms with E-state index in [-0.39, 0.29) is 11.7 Å². The summed E-state index contributed by atoms with van der Waals surface area (Å²) in [5.41, 5.74) is 1.01. The van der Waals surface area contributed by atoms with E-state index in [2.05, 4.69) is 9.88 Å². The smallest absolute Gasteiger partial charge is 0.270 e. The molecule has 2 aromatic heterocycles. The van der Waals surface area contributed by atoms with Gasteiger partial charge in [-0.1, -0.05) is 18.2 Å². The number of halogens is 1. The van der Waals surface area contributed by atoms with Crippen LogP contribution in [0.3, 0.4) is 0 Å². The van der Waals surface area contributed by atoms with Crippen molar-refractivity contribution < 1.29 is 13.9 Å². The first-order valence-corrected chi connectivity index (χ1v) is 11.3. The Balaban J connectivity index is 1.52. The molecular formula is C21H22FN3O2S2. The fraction of sp³-hybridized carbons (Fsp3) is 0.333. The number of thiophene rings is 1. The van der Waals surface area contributed by atoms with E-state index in [1.165, 1.54) is 28.7 Å². The van der Waals surface area contributed by atoms with E-state index in [1.807, 2.05) is 22.9 Å². The Kier molecular flexibility index (Phi) is 6.66. The molecule has 0 saturated carbocycles. The minimum absolute atomic E-state index is 0.0589. The molecule has 1 aromatic carbocycles. The number of carbonyl (C=O) groups is 1. The van der Waals surface area contributed by atoms with Crippen molar-refractivity contribution in [2.24, 2.45) is 0 Å². The number of hydrogen-bond donors (Lipinski definition) is 0. The highest BCUT2D eigenvalue weighted by atomic mass is 32.1. The van der Waals surface area contributed by atoms with Crippen molar-refractivity contribution in [2.45, 2.75) is 6.42 Å². The molecule has 5 nitrogen and oxygen atoms in total. The molecule has 0 bridgehead atoms. The van der Waals surface area contributed by atoms with Crippen LogP contribution in [0.15, 0.2) is 47.2 Å². The molecule has 0 spiro atoms. The molecule has 152 valence electrons. The van der Waals surface area contributed by atoms with Gasteiger partial charge in [0.05, 0.1) is 23.8 Å². The van der Waals surface area contributed by atoms with E-state index in [1.54, 1.807) is 23.1 Å². The Labute approximate surface area is 177 Å². The molecule has 1 aliphatic heterocycles. The summed E-state index contributed by atoms with van der Waals surface area (Å²) in [4.78, 5) is 22.4. The minimum Gasteiger partial charge on any atom is -0.379 e. The minimum atomic E-state index is -0.312. The summed E-state index contributed by atoms with van der Waals surface area (Å²) in [5.74, 6) is -0.371. The molecule has 8 heteroatoms. The van der Waals surface area contributed by atoms with Gasteiger partial charge in [-0.05, 0) is 30.0 Å². The van der Waals surface area contributed by atoms with Crippen LogP contribution in [-0.2, 0) is 4.74 Å². The van der Waals surface area contributed by atoms with E-state index in [4.69, 9.17) is 4.74 Å². The summed E-state index contributed by atoms with van der Waals surface area (Å²) in [6.45, 7) is 4.84. The summed E-state index contributed by atoms with van der Waals surface area (Å²) in [7, 11) is 0. The first kappa shape index (κ1) is 20.2. The van der Waals surface area contributed by atoms with Crippen molar-refractivity contribution in [3.63, 3.8) is 0 Å². The van der Waals surface area contributed by atoms with Crippen molar-refractivity contribution >= 4 is 33.7 Å². The zero-order valence-corrected chi connectivity index (χ0v) is 17.6. The van der Waals surface area contributed by atoms with Gasteiger partial charge in [0.1, 0.15) is 5.82 Å². The zero-order valence-electron chi connectivity index (χ0n) is 15.9. The van der Waals surface area contributed by atoms with E-state index in [0.29, 0.717) is 27.8 Å². The molecule has 3 heterocycles. The fourth-order valence-electron chi connectivity index (χ4n) is 3.28. The lowest BCUT2D eigenvalue weighted by Gasteiger charge is -2.27. The SMILES string of the molecule is O=C(c1cccs1)N(CCCN1CCOCC1)c1nc(-c2ccccc2F)cs1. The molecule has 29 heavy (non-hydrogen) atoms. The number of hydrogen-bond acceptors (Lipinski definition) is 6. The van der Waals surface area contributed by atoms with Crippen LogP contribution in [-0.4, -0.2) is 55.2 Å². The third kappa shape index (κ3) is 4.90. The van der Waals surface area contributed by atoms with Crippen LogP contribution in [0.1, 0.15) is 16.1 Å². The van der Waals surface area contributed by atoms with Crippen molar-refractivity contribution in [1.29, 1.82) is 0 Å². The third-order valence-electron chi connectivity index (χ3n) is 4.81. The van der Waals surface area contributed by atoms with Crippen LogP contribution in [0.4, 0.5) is 9.52 Å². The second-order valence-corrected chi connectivity index (χ2v) is 8.52. The lowest BCUT2D eigenvalue weighted by molar-refractivity contribution is 0.0376. The number of anilines is 1. The lowest BCUT2D eigenvalue weighted by atomic mass is 10.2. The zero-order chi connectivity index (χ0) is 20.1. The number of morpholine rings is 1. The number of aromatic nitrogens is 1. The summed E-state index contributed by atoms with van der Waals surface area (Å²) in [5, 5.41) is 4.31. The molecule has 0 unspecified atom stereocenters. The van der Waals surface area contributed by atoms with Gasteiger partial charge in [-0.25, -0.2) is 9.37 Å². The number of amides is 1. The first-order valence-electron chi connectivity index (χ1n) is 9.58. The normalized spacial score (nSPS) is 14.8. The van der Waals surface area contributed by atoms with Gasteiger partial charge >= 0.3 is 0 Å². The van der Waals surface area contributed by atoms with E-state index >= 15 is 0 Å². The summed E-state index contributed by atoms with van der Waals surface area (Å²) >= 11 is 2.79. The monoisotopic (exact) mass is 431 g/mol. The van der Waals surface area contributed by atoms with E-state index in [0.717, 1.165) is 39.3 Å². The van der Waals surface area contributed by atoms with Gasteiger partial charge in [-0.3, -0.25) is 14.6 Å². The predicted molar refractivity (Wildman–Crippen MR) is 115 cm³/mol. The average molecular weight is 432 g/mol. The maximum absolute atomic E-state index is 14.1. The number of carbonyl (C=O) groups excluding carboxylic acids is 1.